The van der Waals surface area contributed by atoms with Gasteiger partial charge in [-0.3, -0.25) is 10.1 Å². The Hall–Kier alpha value is -2.11. The first kappa shape index (κ1) is 11.0. The standard InChI is InChI=1S/C9H10N2O4/c1-6(15-9(10)12)7-2-4-8(5-3-7)11(13)14/h2-6H,1H3,(H2,10,12). The van der Waals surface area contributed by atoms with Gasteiger partial charge in [-0.05, 0) is 24.6 Å². The van der Waals surface area contributed by atoms with Crippen molar-refractivity contribution in [3.8, 4) is 0 Å². The fraction of sp³-hybridized carbons (Fsp3) is 0.222. The van der Waals surface area contributed by atoms with Crippen molar-refractivity contribution >= 4 is 11.8 Å². The second-order valence-corrected chi connectivity index (χ2v) is 2.93. The Labute approximate surface area is 85.8 Å². The molecule has 0 saturated carbocycles. The zero-order chi connectivity index (χ0) is 11.4. The predicted molar refractivity (Wildman–Crippen MR) is 52.2 cm³/mol. The number of nitro groups is 1. The number of carbonyl (C=O) groups excluding carboxylic acids is 1. The van der Waals surface area contributed by atoms with E-state index in [-0.39, 0.29) is 5.69 Å². The van der Waals surface area contributed by atoms with Crippen molar-refractivity contribution in [1.29, 1.82) is 0 Å². The molecule has 6 nitrogen and oxygen atoms in total. The predicted octanol–water partition coefficient (Wildman–Crippen LogP) is 1.75. The van der Waals surface area contributed by atoms with Crippen LogP contribution in [0.4, 0.5) is 10.5 Å². The molecule has 80 valence electrons. The Morgan fingerprint density at radius 2 is 2.00 bits per heavy atom. The molecule has 1 unspecified atom stereocenters. The molecular weight excluding hydrogens is 200 g/mol. The number of nitrogens with two attached hydrogens (primary N) is 1. The smallest absolute Gasteiger partial charge is 0.405 e. The van der Waals surface area contributed by atoms with Gasteiger partial charge in [0.15, 0.2) is 0 Å². The van der Waals surface area contributed by atoms with Crippen molar-refractivity contribution in [2.45, 2.75) is 13.0 Å². The van der Waals surface area contributed by atoms with Gasteiger partial charge in [-0.15, -0.1) is 0 Å². The number of primary amides is 1. The van der Waals surface area contributed by atoms with E-state index in [1.54, 1.807) is 6.92 Å². The van der Waals surface area contributed by atoms with Crippen LogP contribution in [-0.4, -0.2) is 11.0 Å². The number of hydrogen-bond donors (Lipinski definition) is 1. The van der Waals surface area contributed by atoms with Crippen molar-refractivity contribution in [2.24, 2.45) is 5.73 Å². The van der Waals surface area contributed by atoms with E-state index < -0.39 is 17.1 Å². The molecule has 6 heteroatoms. The summed E-state index contributed by atoms with van der Waals surface area (Å²) in [5.74, 6) is 0. The summed E-state index contributed by atoms with van der Waals surface area (Å²) in [5.41, 5.74) is 5.48. The first-order valence-corrected chi connectivity index (χ1v) is 4.21. The molecule has 15 heavy (non-hydrogen) atoms. The highest BCUT2D eigenvalue weighted by Gasteiger charge is 2.11. The maximum Gasteiger partial charge on any atom is 0.405 e. The van der Waals surface area contributed by atoms with Crippen LogP contribution in [0.25, 0.3) is 0 Å². The fourth-order valence-corrected chi connectivity index (χ4v) is 1.11. The second kappa shape index (κ2) is 4.41. The minimum Gasteiger partial charge on any atom is -0.442 e. The van der Waals surface area contributed by atoms with Gasteiger partial charge in [-0.1, -0.05) is 0 Å². The SMILES string of the molecule is CC(OC(N)=O)c1ccc([N+](=O)[O-])cc1. The molecule has 0 fully saturated rings. The van der Waals surface area contributed by atoms with E-state index in [0.717, 1.165) is 0 Å². The molecular formula is C9H10N2O4. The van der Waals surface area contributed by atoms with Gasteiger partial charge in [0.25, 0.3) is 5.69 Å². The number of carbonyl (C=O) groups is 1. The fourth-order valence-electron chi connectivity index (χ4n) is 1.11. The second-order valence-electron chi connectivity index (χ2n) is 2.93. The molecule has 1 rings (SSSR count). The van der Waals surface area contributed by atoms with Crippen molar-refractivity contribution in [2.75, 3.05) is 0 Å². The van der Waals surface area contributed by atoms with Crippen LogP contribution in [0, 0.1) is 10.1 Å². The van der Waals surface area contributed by atoms with Gasteiger partial charge in [0.05, 0.1) is 4.92 Å². The molecule has 0 aliphatic carbocycles. The average molecular weight is 210 g/mol. The minimum atomic E-state index is -0.874. The lowest BCUT2D eigenvalue weighted by Crippen LogP contribution is -2.15. The lowest BCUT2D eigenvalue weighted by molar-refractivity contribution is -0.384. The van der Waals surface area contributed by atoms with Crippen LogP contribution in [0.3, 0.4) is 0 Å². The molecule has 1 amide bonds. The monoisotopic (exact) mass is 210 g/mol. The normalized spacial score (nSPS) is 11.8. The van der Waals surface area contributed by atoms with E-state index in [4.69, 9.17) is 10.5 Å². The van der Waals surface area contributed by atoms with E-state index in [1.165, 1.54) is 24.3 Å². The van der Waals surface area contributed by atoms with Crippen molar-refractivity contribution in [3.05, 3.63) is 39.9 Å². The highest BCUT2D eigenvalue weighted by molar-refractivity contribution is 5.65. The third-order valence-electron chi connectivity index (χ3n) is 1.87. The van der Waals surface area contributed by atoms with Crippen LogP contribution in [0.1, 0.15) is 18.6 Å². The molecule has 0 saturated heterocycles. The molecule has 0 aliphatic rings. The lowest BCUT2D eigenvalue weighted by Gasteiger charge is -2.10. The van der Waals surface area contributed by atoms with Crippen LogP contribution in [0.15, 0.2) is 24.3 Å². The Morgan fingerprint density at radius 3 is 2.40 bits per heavy atom. The van der Waals surface area contributed by atoms with E-state index in [0.29, 0.717) is 5.56 Å². The first-order chi connectivity index (χ1) is 7.00. The summed E-state index contributed by atoms with van der Waals surface area (Å²) in [6.45, 7) is 1.63. The quantitative estimate of drug-likeness (QED) is 0.607. The Balaban J connectivity index is 2.79. The Kier molecular flexibility index (Phi) is 3.22. The van der Waals surface area contributed by atoms with Crippen molar-refractivity contribution in [3.63, 3.8) is 0 Å². The number of benzene rings is 1. The van der Waals surface area contributed by atoms with Crippen LogP contribution in [0.2, 0.25) is 0 Å². The highest BCUT2D eigenvalue weighted by Crippen LogP contribution is 2.19. The summed E-state index contributed by atoms with van der Waals surface area (Å²) in [6.07, 6.45) is -1.39. The van der Waals surface area contributed by atoms with Gasteiger partial charge in [0, 0.05) is 12.1 Å². The number of non-ortho nitro benzene ring substituents is 1. The maximum atomic E-state index is 10.4. The lowest BCUT2D eigenvalue weighted by atomic mass is 10.1. The third kappa shape index (κ3) is 2.94. The largest absolute Gasteiger partial charge is 0.442 e. The molecule has 1 aromatic rings. The van der Waals surface area contributed by atoms with Gasteiger partial charge in [0.1, 0.15) is 6.10 Å². The minimum absolute atomic E-state index is 0.00924. The molecule has 0 heterocycles. The number of nitro benzene ring substituents is 1. The topological polar surface area (TPSA) is 95.5 Å². The summed E-state index contributed by atoms with van der Waals surface area (Å²) >= 11 is 0. The highest BCUT2D eigenvalue weighted by atomic mass is 16.6. The van der Waals surface area contributed by atoms with Crippen LogP contribution in [-0.2, 0) is 4.74 Å². The summed E-state index contributed by atoms with van der Waals surface area (Å²) in [7, 11) is 0. The number of amides is 1. The molecule has 0 radical (unpaired) electrons. The first-order valence-electron chi connectivity index (χ1n) is 4.21. The van der Waals surface area contributed by atoms with Gasteiger partial charge in [0.2, 0.25) is 0 Å². The van der Waals surface area contributed by atoms with Crippen LogP contribution < -0.4 is 5.73 Å². The van der Waals surface area contributed by atoms with Gasteiger partial charge in [-0.2, -0.15) is 0 Å². The number of rotatable bonds is 3. The molecule has 0 spiro atoms. The summed E-state index contributed by atoms with van der Waals surface area (Å²) in [6, 6.07) is 5.73. The molecule has 0 aromatic heterocycles. The summed E-state index contributed by atoms with van der Waals surface area (Å²) < 4.78 is 4.71. The molecule has 0 aliphatic heterocycles. The van der Waals surface area contributed by atoms with E-state index in [2.05, 4.69) is 0 Å². The Bertz CT molecular complexity index is 374. The molecule has 0 bridgehead atoms. The zero-order valence-corrected chi connectivity index (χ0v) is 8.04. The third-order valence-corrected chi connectivity index (χ3v) is 1.87. The van der Waals surface area contributed by atoms with E-state index in [1.807, 2.05) is 0 Å². The van der Waals surface area contributed by atoms with Crippen LogP contribution >= 0.6 is 0 Å². The van der Waals surface area contributed by atoms with Crippen molar-refractivity contribution in [1.82, 2.24) is 0 Å². The molecule has 1 atom stereocenters. The maximum absolute atomic E-state index is 10.4. The van der Waals surface area contributed by atoms with Gasteiger partial charge in [-0.25, -0.2) is 4.79 Å². The number of nitrogens with zero attached hydrogens (tertiary/aromatic N) is 1. The number of ether oxygens (including phenoxy) is 1. The van der Waals surface area contributed by atoms with Gasteiger partial charge >= 0.3 is 6.09 Å². The van der Waals surface area contributed by atoms with E-state index >= 15 is 0 Å². The van der Waals surface area contributed by atoms with E-state index in [9.17, 15) is 14.9 Å². The molecule has 2 N–H and O–H groups in total. The molecule has 1 aromatic carbocycles. The van der Waals surface area contributed by atoms with Crippen molar-refractivity contribution < 1.29 is 14.5 Å². The summed E-state index contributed by atoms with van der Waals surface area (Å²) in [5, 5.41) is 10.4. The number of hydrogen-bond acceptors (Lipinski definition) is 4. The summed E-state index contributed by atoms with van der Waals surface area (Å²) in [4.78, 5) is 20.3. The van der Waals surface area contributed by atoms with Gasteiger partial charge < -0.3 is 10.5 Å². The van der Waals surface area contributed by atoms with Crippen LogP contribution in [0.5, 0.6) is 0 Å². The zero-order valence-electron chi connectivity index (χ0n) is 8.04. The Morgan fingerprint density at radius 1 is 1.47 bits per heavy atom. The average Bonchev–Trinajstić information content (AvgIpc) is 2.17.